The van der Waals surface area contributed by atoms with E-state index in [1.54, 1.807) is 11.1 Å². The minimum atomic E-state index is -2.67. The number of hydrogen-bond donors (Lipinski definition) is 2. The van der Waals surface area contributed by atoms with E-state index < -0.39 is 29.0 Å². The van der Waals surface area contributed by atoms with Crippen LogP contribution in [0, 0.1) is 0 Å². The van der Waals surface area contributed by atoms with E-state index in [0.717, 1.165) is 35.6 Å². The molecule has 0 saturated carbocycles. The highest BCUT2D eigenvalue weighted by atomic mass is 35.5. The van der Waals surface area contributed by atoms with E-state index in [9.17, 15) is 18.0 Å². The maximum atomic E-state index is 13.0. The quantitative estimate of drug-likeness (QED) is 0.351. The molecule has 1 aromatic heterocycles. The summed E-state index contributed by atoms with van der Waals surface area (Å²) < 4.78 is 24.3. The van der Waals surface area contributed by atoms with Crippen LogP contribution in [0.15, 0.2) is 83.4 Å². The lowest BCUT2D eigenvalue weighted by Crippen LogP contribution is -2.51. The number of fused-ring (bicyclic) bond motifs is 2. The predicted octanol–water partition coefficient (Wildman–Crippen LogP) is 4.18. The number of aromatic nitrogens is 1. The van der Waals surface area contributed by atoms with Gasteiger partial charge in [-0.05, 0) is 47.1 Å². The van der Waals surface area contributed by atoms with Crippen LogP contribution < -0.4 is 11.1 Å². The number of nitrogens with one attached hydrogen (secondary N) is 1. The third-order valence-electron chi connectivity index (χ3n) is 6.57. The standard InChI is InChI=1S/C19H23N5O4S.C10H8.ClH/c20-18-15-5-4-13(10-14(15)6-7-21-18)11-16(23-17(25)12-22-29(27)28)19(26)24-8-2-1-3-9-24;1-2-6-10-8-4-3-7-9(10)5-1;/h4-7,10,16H,1-3,8-9,11-12H2,(H2,20,21)(H,23,25);1-8H;1H. The fraction of sp³-hybridized carbons (Fsp3) is 0.276. The second-order valence-corrected chi connectivity index (χ2v) is 10.0. The first-order valence-corrected chi connectivity index (χ1v) is 13.9. The number of anilines is 1. The number of nitrogens with two attached hydrogens (primary N) is 1. The first-order valence-electron chi connectivity index (χ1n) is 12.8. The molecule has 40 heavy (non-hydrogen) atoms. The number of likely N-dealkylation sites (tertiary alicyclic amines) is 1. The lowest BCUT2D eigenvalue weighted by atomic mass is 10.0. The van der Waals surface area contributed by atoms with Gasteiger partial charge < -0.3 is 16.0 Å². The molecule has 210 valence electrons. The molecule has 9 nitrogen and oxygen atoms in total. The Bertz CT molecular complexity index is 1530. The van der Waals surface area contributed by atoms with Gasteiger partial charge in [0.1, 0.15) is 18.4 Å². The minimum absolute atomic E-state index is 0. The van der Waals surface area contributed by atoms with Crippen LogP contribution in [0.2, 0.25) is 0 Å². The number of nitrogens with zero attached hydrogens (tertiary/aromatic N) is 3. The van der Waals surface area contributed by atoms with Gasteiger partial charge in [-0.15, -0.1) is 12.4 Å². The Balaban J connectivity index is 0.000000334. The molecule has 1 aliphatic rings. The average Bonchev–Trinajstić information content (AvgIpc) is 2.96. The van der Waals surface area contributed by atoms with Crippen LogP contribution in [0.4, 0.5) is 5.82 Å². The van der Waals surface area contributed by atoms with E-state index in [1.165, 1.54) is 10.8 Å². The molecule has 1 saturated heterocycles. The van der Waals surface area contributed by atoms with Gasteiger partial charge in [-0.2, -0.15) is 12.8 Å². The lowest BCUT2D eigenvalue weighted by Gasteiger charge is -2.30. The van der Waals surface area contributed by atoms with Crippen molar-refractivity contribution >= 4 is 62.1 Å². The number of rotatable bonds is 6. The van der Waals surface area contributed by atoms with E-state index in [1.807, 2.05) is 24.3 Å². The van der Waals surface area contributed by atoms with Crippen molar-refractivity contribution in [1.29, 1.82) is 0 Å². The van der Waals surface area contributed by atoms with Gasteiger partial charge in [-0.25, -0.2) is 4.98 Å². The normalized spacial score (nSPS) is 13.3. The van der Waals surface area contributed by atoms with Crippen LogP contribution in [-0.2, 0) is 26.5 Å². The minimum Gasteiger partial charge on any atom is -0.383 e. The van der Waals surface area contributed by atoms with Crippen LogP contribution in [0.1, 0.15) is 24.8 Å². The Kier molecular flexibility index (Phi) is 11.4. The highest BCUT2D eigenvalue weighted by Crippen LogP contribution is 2.21. The zero-order chi connectivity index (χ0) is 27.6. The third kappa shape index (κ3) is 8.49. The van der Waals surface area contributed by atoms with E-state index >= 15 is 0 Å². The summed E-state index contributed by atoms with van der Waals surface area (Å²) in [6.07, 6.45) is 4.83. The van der Waals surface area contributed by atoms with Crippen molar-refractivity contribution in [2.75, 3.05) is 25.4 Å². The molecule has 1 aliphatic heterocycles. The van der Waals surface area contributed by atoms with Gasteiger partial charge in [0.25, 0.3) is 0 Å². The third-order valence-corrected chi connectivity index (χ3v) is 6.91. The number of piperidine rings is 1. The molecule has 0 spiro atoms. The Morgan fingerprint density at radius 3 is 2.15 bits per heavy atom. The fourth-order valence-corrected chi connectivity index (χ4v) is 4.86. The highest BCUT2D eigenvalue weighted by Gasteiger charge is 2.27. The SMILES string of the molecule is Cl.Nc1nccc2cc(CC(NC(=O)CN=S(=O)=O)C(=O)N3CCCCC3)ccc12.c1ccc2ccccc2c1. The molecule has 0 radical (unpaired) electrons. The van der Waals surface area contributed by atoms with Crippen molar-refractivity contribution in [1.82, 2.24) is 15.2 Å². The number of nitrogen functional groups attached to an aromatic ring is 1. The molecular weight excluding hydrogens is 550 g/mol. The van der Waals surface area contributed by atoms with Gasteiger partial charge in [0.15, 0.2) is 0 Å². The van der Waals surface area contributed by atoms with Crippen molar-refractivity contribution in [2.24, 2.45) is 4.36 Å². The van der Waals surface area contributed by atoms with E-state index in [4.69, 9.17) is 5.73 Å². The molecule has 2 heterocycles. The average molecular weight is 582 g/mol. The number of halogens is 1. The second-order valence-electron chi connectivity index (χ2n) is 9.31. The van der Waals surface area contributed by atoms with Gasteiger partial charge in [0.2, 0.25) is 11.8 Å². The summed E-state index contributed by atoms with van der Waals surface area (Å²) in [5.74, 6) is -0.357. The zero-order valence-electron chi connectivity index (χ0n) is 21.9. The van der Waals surface area contributed by atoms with E-state index in [2.05, 4.69) is 63.2 Å². The molecule has 5 rings (SSSR count). The summed E-state index contributed by atoms with van der Waals surface area (Å²) in [5, 5.41) is 6.97. The maximum Gasteiger partial charge on any atom is 0.311 e. The van der Waals surface area contributed by atoms with E-state index in [-0.39, 0.29) is 24.7 Å². The number of pyridine rings is 1. The van der Waals surface area contributed by atoms with Crippen LogP contribution in [0.25, 0.3) is 21.5 Å². The Hall–Kier alpha value is -4.02. The van der Waals surface area contributed by atoms with Crippen LogP contribution >= 0.6 is 12.4 Å². The Morgan fingerprint density at radius 1 is 0.925 bits per heavy atom. The maximum absolute atomic E-state index is 13.0. The number of carbonyl (C=O) groups is 2. The summed E-state index contributed by atoms with van der Waals surface area (Å²) >= 11 is 0. The smallest absolute Gasteiger partial charge is 0.311 e. The van der Waals surface area contributed by atoms with E-state index in [0.29, 0.717) is 18.9 Å². The number of benzene rings is 3. The summed E-state index contributed by atoms with van der Waals surface area (Å²) in [5.41, 5.74) is 6.74. The van der Waals surface area contributed by atoms with Crippen LogP contribution in [0.5, 0.6) is 0 Å². The zero-order valence-corrected chi connectivity index (χ0v) is 23.5. The molecule has 3 N–H and O–H groups in total. The van der Waals surface area contributed by atoms with Gasteiger partial charge in [0, 0.05) is 31.1 Å². The fourth-order valence-electron chi connectivity index (χ4n) is 4.63. The number of amides is 2. The van der Waals surface area contributed by atoms with Crippen molar-refractivity contribution in [2.45, 2.75) is 31.7 Å². The number of hydrogen-bond acceptors (Lipinski definition) is 7. The summed E-state index contributed by atoms with van der Waals surface area (Å²) in [6, 6.07) is 23.3. The summed E-state index contributed by atoms with van der Waals surface area (Å²) in [7, 11) is -2.67. The van der Waals surface area contributed by atoms with Gasteiger partial charge in [0.05, 0.1) is 0 Å². The first kappa shape index (κ1) is 30.5. The molecule has 1 unspecified atom stereocenters. The predicted molar refractivity (Wildman–Crippen MR) is 160 cm³/mol. The Labute approximate surface area is 240 Å². The summed E-state index contributed by atoms with van der Waals surface area (Å²) in [6.45, 7) is 0.764. The molecule has 1 atom stereocenters. The lowest BCUT2D eigenvalue weighted by molar-refractivity contribution is -0.136. The van der Waals surface area contributed by atoms with Crippen molar-refractivity contribution < 1.29 is 18.0 Å². The largest absolute Gasteiger partial charge is 0.383 e. The second kappa shape index (κ2) is 14.9. The van der Waals surface area contributed by atoms with Gasteiger partial charge >= 0.3 is 10.5 Å². The first-order chi connectivity index (χ1) is 18.9. The highest BCUT2D eigenvalue weighted by molar-refractivity contribution is 7.61. The number of carbonyl (C=O) groups excluding carboxylic acids is 2. The summed E-state index contributed by atoms with van der Waals surface area (Å²) in [4.78, 5) is 31.0. The molecule has 0 bridgehead atoms. The molecule has 3 aromatic carbocycles. The molecule has 2 amide bonds. The molecule has 4 aromatic rings. The van der Waals surface area contributed by atoms with Gasteiger partial charge in [-0.3, -0.25) is 9.59 Å². The monoisotopic (exact) mass is 581 g/mol. The van der Waals surface area contributed by atoms with Crippen molar-refractivity contribution in [3.63, 3.8) is 0 Å². The Morgan fingerprint density at radius 2 is 1.55 bits per heavy atom. The van der Waals surface area contributed by atoms with Gasteiger partial charge in [-0.1, -0.05) is 66.7 Å². The molecular formula is C29H32ClN5O4S. The molecule has 0 aliphatic carbocycles. The van der Waals surface area contributed by atoms with Crippen molar-refractivity contribution in [3.8, 4) is 0 Å². The van der Waals surface area contributed by atoms with Crippen LogP contribution in [0.3, 0.4) is 0 Å². The molecule has 11 heteroatoms. The van der Waals surface area contributed by atoms with Crippen molar-refractivity contribution in [3.05, 3.63) is 84.6 Å². The molecule has 1 fully saturated rings. The topological polar surface area (TPSA) is 135 Å². The van der Waals surface area contributed by atoms with Crippen LogP contribution in [-0.4, -0.2) is 55.8 Å².